The Bertz CT molecular complexity index is 1120. The number of aromatic nitrogens is 1. The lowest BCUT2D eigenvalue weighted by Crippen LogP contribution is -3.21. The number of fused-ring (bicyclic) bond motifs is 4. The van der Waals surface area contributed by atoms with Gasteiger partial charge in [-0.1, -0.05) is 0 Å². The number of nitrogens with zero attached hydrogens (tertiary/aromatic N) is 1. The third-order valence-corrected chi connectivity index (χ3v) is 7.87. The van der Waals surface area contributed by atoms with Crippen molar-refractivity contribution < 1.29 is 27.8 Å². The van der Waals surface area contributed by atoms with Crippen LogP contribution in [0.4, 0.5) is 18.9 Å². The van der Waals surface area contributed by atoms with E-state index in [1.165, 1.54) is 44.1 Å². The molecule has 34 heavy (non-hydrogen) atoms. The molecular formula is C25H31F3N4O2+2. The molecule has 2 bridgehead atoms. The average molecular weight is 477 g/mol. The van der Waals surface area contributed by atoms with Crippen LogP contribution < -0.4 is 20.7 Å². The standard InChI is InChI=1S/C25H29F3N4O2/c1-30-10-8-20(9-11-30)31-13-16-12-18(15-31)23-21(6-7-22(33)32(23)14-16)29-24(34)17-2-4-19(5-3-17)25(26,27)28/h2-7,16,18,20H,8-15H2,1H3,(H,29,34)/p+2/t16-,18+/m0/s1. The van der Waals surface area contributed by atoms with Gasteiger partial charge in [0.15, 0.2) is 0 Å². The van der Waals surface area contributed by atoms with E-state index in [4.69, 9.17) is 0 Å². The predicted molar refractivity (Wildman–Crippen MR) is 121 cm³/mol. The zero-order valence-corrected chi connectivity index (χ0v) is 19.3. The first kappa shape index (κ1) is 23.1. The summed E-state index contributed by atoms with van der Waals surface area (Å²) in [7, 11) is 2.24. The van der Waals surface area contributed by atoms with E-state index in [9.17, 15) is 22.8 Å². The van der Waals surface area contributed by atoms with E-state index in [1.54, 1.807) is 20.4 Å². The highest BCUT2D eigenvalue weighted by Crippen LogP contribution is 2.35. The molecule has 182 valence electrons. The molecule has 0 radical (unpaired) electrons. The maximum absolute atomic E-state index is 12.9. The summed E-state index contributed by atoms with van der Waals surface area (Å²) < 4.78 is 40.4. The highest BCUT2D eigenvalue weighted by atomic mass is 19.4. The number of amides is 1. The second-order valence-corrected chi connectivity index (χ2v) is 10.2. The zero-order valence-electron chi connectivity index (χ0n) is 19.3. The fourth-order valence-electron chi connectivity index (χ4n) is 6.13. The molecule has 0 spiro atoms. The normalized spacial score (nSPS) is 28.8. The first-order chi connectivity index (χ1) is 16.2. The number of carbonyl (C=O) groups excluding carboxylic acids is 1. The Hall–Kier alpha value is -2.65. The lowest BCUT2D eigenvalue weighted by molar-refractivity contribution is -0.959. The van der Waals surface area contributed by atoms with Gasteiger partial charge < -0.3 is 19.7 Å². The molecule has 3 N–H and O–H groups in total. The summed E-state index contributed by atoms with van der Waals surface area (Å²) in [5.41, 5.74) is 0.737. The van der Waals surface area contributed by atoms with Gasteiger partial charge in [0.2, 0.25) is 0 Å². The lowest BCUT2D eigenvalue weighted by Gasteiger charge is -2.44. The molecule has 2 aromatic rings. The van der Waals surface area contributed by atoms with Crippen molar-refractivity contribution in [1.29, 1.82) is 0 Å². The number of piperidine rings is 2. The van der Waals surface area contributed by atoms with Gasteiger partial charge >= 0.3 is 6.18 Å². The smallest absolute Gasteiger partial charge is 0.337 e. The summed E-state index contributed by atoms with van der Waals surface area (Å²) in [6.07, 6.45) is -1.04. The summed E-state index contributed by atoms with van der Waals surface area (Å²) in [4.78, 5) is 28.8. The first-order valence-corrected chi connectivity index (χ1v) is 12.1. The minimum absolute atomic E-state index is 0.0661. The number of halogens is 3. The number of hydrogen-bond acceptors (Lipinski definition) is 2. The number of anilines is 1. The molecule has 3 aliphatic heterocycles. The Labute approximate surface area is 196 Å². The molecule has 9 heteroatoms. The van der Waals surface area contributed by atoms with Gasteiger partial charge in [-0.2, -0.15) is 13.2 Å². The lowest BCUT2D eigenvalue weighted by atomic mass is 9.81. The molecule has 2 fully saturated rings. The summed E-state index contributed by atoms with van der Waals surface area (Å²) in [6.45, 7) is 5.04. The number of rotatable bonds is 3. The van der Waals surface area contributed by atoms with Crippen LogP contribution in [0.5, 0.6) is 0 Å². The van der Waals surface area contributed by atoms with Gasteiger partial charge in [0.1, 0.15) is 0 Å². The summed E-state index contributed by atoms with van der Waals surface area (Å²) in [5.74, 6) is 0.133. The number of nitrogens with one attached hydrogen (secondary N) is 3. The van der Waals surface area contributed by atoms with Crippen molar-refractivity contribution in [3.05, 3.63) is 63.6 Å². The summed E-state index contributed by atoms with van der Waals surface area (Å²) in [5, 5.41) is 2.88. The Kier molecular flexibility index (Phi) is 6.02. The number of quaternary nitrogens is 2. The highest BCUT2D eigenvalue weighted by Gasteiger charge is 2.42. The van der Waals surface area contributed by atoms with Gasteiger partial charge in [-0.15, -0.1) is 0 Å². The van der Waals surface area contributed by atoms with E-state index in [2.05, 4.69) is 12.4 Å². The fourth-order valence-corrected chi connectivity index (χ4v) is 6.13. The number of alkyl halides is 3. The quantitative estimate of drug-likeness (QED) is 0.614. The van der Waals surface area contributed by atoms with Crippen LogP contribution in [-0.4, -0.2) is 49.7 Å². The Morgan fingerprint density at radius 2 is 1.76 bits per heavy atom. The second kappa shape index (κ2) is 8.85. The van der Waals surface area contributed by atoms with Crippen molar-refractivity contribution in [1.82, 2.24) is 4.57 Å². The van der Waals surface area contributed by atoms with Crippen molar-refractivity contribution >= 4 is 11.6 Å². The largest absolute Gasteiger partial charge is 0.416 e. The van der Waals surface area contributed by atoms with Crippen molar-refractivity contribution in [2.75, 3.05) is 38.5 Å². The van der Waals surface area contributed by atoms with E-state index >= 15 is 0 Å². The van der Waals surface area contributed by atoms with Crippen LogP contribution in [-0.2, 0) is 12.7 Å². The van der Waals surface area contributed by atoms with Crippen LogP contribution in [0.15, 0.2) is 41.2 Å². The number of benzene rings is 1. The molecular weight excluding hydrogens is 445 g/mol. The number of likely N-dealkylation sites (tertiary alicyclic amines) is 2. The molecule has 5 rings (SSSR count). The molecule has 0 saturated carbocycles. The molecule has 1 aromatic heterocycles. The Balaban J connectivity index is 1.38. The van der Waals surface area contributed by atoms with E-state index in [0.717, 1.165) is 37.3 Å². The molecule has 1 aromatic carbocycles. The van der Waals surface area contributed by atoms with Gasteiger partial charge in [0.05, 0.1) is 62.1 Å². The number of carbonyl (C=O) groups is 1. The third-order valence-electron chi connectivity index (χ3n) is 7.87. The van der Waals surface area contributed by atoms with E-state index in [-0.39, 0.29) is 17.0 Å². The predicted octanol–water partition coefficient (Wildman–Crippen LogP) is 0.799. The molecule has 3 aliphatic rings. The Morgan fingerprint density at radius 3 is 2.44 bits per heavy atom. The first-order valence-electron chi connectivity index (χ1n) is 12.1. The summed E-state index contributed by atoms with van der Waals surface area (Å²) >= 11 is 0. The zero-order chi connectivity index (χ0) is 24.0. The van der Waals surface area contributed by atoms with Crippen LogP contribution in [0.1, 0.15) is 46.8 Å². The van der Waals surface area contributed by atoms with Crippen LogP contribution in [0.2, 0.25) is 0 Å². The second-order valence-electron chi connectivity index (χ2n) is 10.2. The van der Waals surface area contributed by atoms with Crippen molar-refractivity contribution in [3.8, 4) is 0 Å². The van der Waals surface area contributed by atoms with Gasteiger partial charge in [-0.25, -0.2) is 0 Å². The minimum atomic E-state index is -4.45. The van der Waals surface area contributed by atoms with Crippen molar-refractivity contribution in [2.45, 2.75) is 43.9 Å². The third kappa shape index (κ3) is 4.51. The molecule has 1 amide bonds. The van der Waals surface area contributed by atoms with Crippen LogP contribution >= 0.6 is 0 Å². The molecule has 1 unspecified atom stereocenters. The SMILES string of the molecule is C[NH+]1CCC([NH+]2C[C@@H]3C[C@H](C2)c2c(NC(=O)c4ccc(C(F)(F)F)cc4)ccc(=O)n2C3)CC1. The van der Waals surface area contributed by atoms with Gasteiger partial charge in [0, 0.05) is 36.9 Å². The molecule has 3 atom stereocenters. The highest BCUT2D eigenvalue weighted by molar-refractivity contribution is 6.04. The maximum atomic E-state index is 12.9. The van der Waals surface area contributed by atoms with E-state index < -0.39 is 17.6 Å². The minimum Gasteiger partial charge on any atom is -0.337 e. The van der Waals surface area contributed by atoms with Crippen molar-refractivity contribution in [3.63, 3.8) is 0 Å². The molecule has 6 nitrogen and oxygen atoms in total. The number of hydrogen-bond donors (Lipinski definition) is 3. The monoisotopic (exact) mass is 476 g/mol. The summed E-state index contributed by atoms with van der Waals surface area (Å²) in [6, 6.07) is 7.95. The van der Waals surface area contributed by atoms with Crippen LogP contribution in [0.3, 0.4) is 0 Å². The molecule has 0 aliphatic carbocycles. The van der Waals surface area contributed by atoms with Gasteiger partial charge in [-0.3, -0.25) is 9.59 Å². The molecule has 2 saturated heterocycles. The number of pyridine rings is 1. The molecule has 4 heterocycles. The fraction of sp³-hybridized carbons (Fsp3) is 0.520. The Morgan fingerprint density at radius 1 is 1.06 bits per heavy atom. The van der Waals surface area contributed by atoms with Crippen LogP contribution in [0, 0.1) is 5.92 Å². The van der Waals surface area contributed by atoms with Crippen LogP contribution in [0.25, 0.3) is 0 Å². The average Bonchev–Trinajstić information content (AvgIpc) is 2.80. The van der Waals surface area contributed by atoms with Crippen molar-refractivity contribution in [2.24, 2.45) is 5.92 Å². The van der Waals surface area contributed by atoms with Gasteiger partial charge in [-0.05, 0) is 36.8 Å². The topological polar surface area (TPSA) is 60.0 Å². The van der Waals surface area contributed by atoms with Gasteiger partial charge in [0.25, 0.3) is 11.5 Å². The van der Waals surface area contributed by atoms with E-state index in [1.807, 2.05) is 0 Å². The van der Waals surface area contributed by atoms with E-state index in [0.29, 0.717) is 24.2 Å². The maximum Gasteiger partial charge on any atom is 0.416 e.